The van der Waals surface area contributed by atoms with Gasteiger partial charge in [-0.25, -0.2) is 0 Å². The van der Waals surface area contributed by atoms with Crippen LogP contribution in [0.15, 0.2) is 42.5 Å². The van der Waals surface area contributed by atoms with E-state index in [1.807, 2.05) is 25.1 Å². The SMILES string of the molecule is COc1ccccc1OCC(=O)N(CCC(=O)Nc1cc(Cl)ccc1C)C1CC1. The van der Waals surface area contributed by atoms with Gasteiger partial charge in [0.2, 0.25) is 5.91 Å². The van der Waals surface area contributed by atoms with E-state index in [9.17, 15) is 9.59 Å². The largest absolute Gasteiger partial charge is 0.493 e. The first kappa shape index (κ1) is 21.0. The summed E-state index contributed by atoms with van der Waals surface area (Å²) in [5.74, 6) is 0.812. The summed E-state index contributed by atoms with van der Waals surface area (Å²) in [6, 6.07) is 12.7. The number of benzene rings is 2. The summed E-state index contributed by atoms with van der Waals surface area (Å²) in [7, 11) is 1.56. The lowest BCUT2D eigenvalue weighted by Gasteiger charge is -2.22. The van der Waals surface area contributed by atoms with Crippen molar-refractivity contribution >= 4 is 29.1 Å². The summed E-state index contributed by atoms with van der Waals surface area (Å²) in [5, 5.41) is 3.43. The Kier molecular flexibility index (Phi) is 6.99. The predicted molar refractivity (Wildman–Crippen MR) is 113 cm³/mol. The smallest absolute Gasteiger partial charge is 0.260 e. The number of halogens is 1. The molecular weight excluding hydrogens is 392 g/mol. The van der Waals surface area contributed by atoms with Crippen molar-refractivity contribution in [1.29, 1.82) is 0 Å². The van der Waals surface area contributed by atoms with E-state index in [0.29, 0.717) is 28.8 Å². The van der Waals surface area contributed by atoms with Crippen LogP contribution in [0, 0.1) is 6.92 Å². The van der Waals surface area contributed by atoms with Crippen LogP contribution in [0.4, 0.5) is 5.69 Å². The number of anilines is 1. The van der Waals surface area contributed by atoms with Crippen molar-refractivity contribution in [3.8, 4) is 11.5 Å². The Morgan fingerprint density at radius 1 is 1.17 bits per heavy atom. The molecule has 3 rings (SSSR count). The van der Waals surface area contributed by atoms with Crippen LogP contribution in [0.3, 0.4) is 0 Å². The topological polar surface area (TPSA) is 67.9 Å². The van der Waals surface area contributed by atoms with Crippen molar-refractivity contribution in [2.24, 2.45) is 0 Å². The fraction of sp³-hybridized carbons (Fsp3) is 0.364. The van der Waals surface area contributed by atoms with E-state index in [1.165, 1.54) is 0 Å². The molecule has 1 fully saturated rings. The molecule has 0 aromatic heterocycles. The maximum Gasteiger partial charge on any atom is 0.260 e. The minimum absolute atomic E-state index is 0.0914. The van der Waals surface area contributed by atoms with Gasteiger partial charge in [0.15, 0.2) is 18.1 Å². The molecule has 154 valence electrons. The molecule has 0 atom stereocenters. The molecule has 0 aliphatic heterocycles. The van der Waals surface area contributed by atoms with E-state index >= 15 is 0 Å². The molecule has 29 heavy (non-hydrogen) atoms. The van der Waals surface area contributed by atoms with Crippen molar-refractivity contribution < 1.29 is 19.1 Å². The Balaban J connectivity index is 1.54. The number of nitrogens with one attached hydrogen (secondary N) is 1. The highest BCUT2D eigenvalue weighted by Gasteiger charge is 2.32. The minimum Gasteiger partial charge on any atom is -0.493 e. The molecule has 0 heterocycles. The van der Waals surface area contributed by atoms with Crippen LogP contribution in [0.5, 0.6) is 11.5 Å². The molecule has 1 aliphatic carbocycles. The van der Waals surface area contributed by atoms with Gasteiger partial charge in [0.1, 0.15) is 0 Å². The standard InChI is InChI=1S/C22H25ClN2O4/c1-15-7-8-16(23)13-18(15)24-21(26)11-12-25(17-9-10-17)22(27)14-29-20-6-4-3-5-19(20)28-2/h3-8,13,17H,9-12,14H2,1-2H3,(H,24,26). The van der Waals surface area contributed by atoms with Crippen LogP contribution in [0.25, 0.3) is 0 Å². The lowest BCUT2D eigenvalue weighted by molar-refractivity contribution is -0.134. The van der Waals surface area contributed by atoms with E-state index in [2.05, 4.69) is 5.32 Å². The third-order valence-electron chi connectivity index (χ3n) is 4.78. The predicted octanol–water partition coefficient (Wildman–Crippen LogP) is 4.06. The first-order valence-electron chi connectivity index (χ1n) is 9.59. The monoisotopic (exact) mass is 416 g/mol. The van der Waals surface area contributed by atoms with Crippen LogP contribution in [-0.2, 0) is 9.59 Å². The van der Waals surface area contributed by atoms with Gasteiger partial charge in [0, 0.05) is 29.7 Å². The van der Waals surface area contributed by atoms with Gasteiger partial charge in [0.25, 0.3) is 5.91 Å². The molecule has 6 nitrogen and oxygen atoms in total. The second-order valence-electron chi connectivity index (χ2n) is 7.02. The molecule has 7 heteroatoms. The zero-order valence-electron chi connectivity index (χ0n) is 16.6. The molecule has 2 amide bonds. The van der Waals surface area contributed by atoms with Gasteiger partial charge in [-0.05, 0) is 49.6 Å². The van der Waals surface area contributed by atoms with E-state index in [0.717, 1.165) is 18.4 Å². The quantitative estimate of drug-likeness (QED) is 0.669. The van der Waals surface area contributed by atoms with Crippen molar-refractivity contribution in [2.45, 2.75) is 32.2 Å². The number of carbonyl (C=O) groups excluding carboxylic acids is 2. The molecule has 1 saturated carbocycles. The maximum atomic E-state index is 12.7. The molecule has 1 aliphatic rings. The number of nitrogens with zero attached hydrogens (tertiary/aromatic N) is 1. The van der Waals surface area contributed by atoms with Crippen LogP contribution in [0.2, 0.25) is 5.02 Å². The summed E-state index contributed by atoms with van der Waals surface area (Å²) in [6.07, 6.45) is 2.12. The van der Waals surface area contributed by atoms with Gasteiger partial charge < -0.3 is 19.7 Å². The molecule has 0 spiro atoms. The number of carbonyl (C=O) groups is 2. The molecule has 2 aromatic carbocycles. The summed E-state index contributed by atoms with van der Waals surface area (Å²) in [5.41, 5.74) is 1.62. The Morgan fingerprint density at radius 2 is 1.90 bits per heavy atom. The van der Waals surface area contributed by atoms with Gasteiger partial charge in [-0.1, -0.05) is 29.8 Å². The van der Waals surface area contributed by atoms with Crippen molar-refractivity contribution in [3.05, 3.63) is 53.1 Å². The molecule has 0 unspecified atom stereocenters. The molecule has 0 radical (unpaired) electrons. The fourth-order valence-electron chi connectivity index (χ4n) is 3.02. The zero-order valence-corrected chi connectivity index (χ0v) is 17.4. The van der Waals surface area contributed by atoms with E-state index in [1.54, 1.807) is 36.3 Å². The van der Waals surface area contributed by atoms with Gasteiger partial charge in [0.05, 0.1) is 7.11 Å². The minimum atomic E-state index is -0.153. The Hall–Kier alpha value is -2.73. The Morgan fingerprint density at radius 3 is 2.59 bits per heavy atom. The normalized spacial score (nSPS) is 12.9. The highest BCUT2D eigenvalue weighted by atomic mass is 35.5. The van der Waals surface area contributed by atoms with Gasteiger partial charge in [-0.15, -0.1) is 0 Å². The maximum absolute atomic E-state index is 12.7. The fourth-order valence-corrected chi connectivity index (χ4v) is 3.19. The number of amides is 2. The molecular formula is C22H25ClN2O4. The third kappa shape index (κ3) is 5.87. The highest BCUT2D eigenvalue weighted by Crippen LogP contribution is 2.29. The molecule has 1 N–H and O–H groups in total. The van der Waals surface area contributed by atoms with Crippen molar-refractivity contribution in [3.63, 3.8) is 0 Å². The summed E-state index contributed by atoms with van der Waals surface area (Å²) < 4.78 is 10.9. The number of rotatable bonds is 9. The Labute approximate surface area is 175 Å². The van der Waals surface area contributed by atoms with Crippen molar-refractivity contribution in [2.75, 3.05) is 25.6 Å². The average molecular weight is 417 g/mol. The number of methoxy groups -OCH3 is 1. The number of hydrogen-bond donors (Lipinski definition) is 1. The number of hydrogen-bond acceptors (Lipinski definition) is 4. The summed E-state index contributed by atoms with van der Waals surface area (Å²) >= 11 is 6.00. The molecule has 0 bridgehead atoms. The van der Waals surface area contributed by atoms with Crippen LogP contribution in [0.1, 0.15) is 24.8 Å². The summed E-state index contributed by atoms with van der Waals surface area (Å²) in [4.78, 5) is 26.8. The zero-order chi connectivity index (χ0) is 20.8. The number of para-hydroxylation sites is 2. The van der Waals surface area contributed by atoms with E-state index < -0.39 is 0 Å². The van der Waals surface area contributed by atoms with Gasteiger partial charge in [-0.3, -0.25) is 9.59 Å². The van der Waals surface area contributed by atoms with E-state index in [4.69, 9.17) is 21.1 Å². The third-order valence-corrected chi connectivity index (χ3v) is 5.02. The second kappa shape index (κ2) is 9.65. The lowest BCUT2D eigenvalue weighted by atomic mass is 10.2. The van der Waals surface area contributed by atoms with E-state index in [-0.39, 0.29) is 30.9 Å². The van der Waals surface area contributed by atoms with Gasteiger partial charge in [-0.2, -0.15) is 0 Å². The Bertz CT molecular complexity index is 883. The lowest BCUT2D eigenvalue weighted by Crippen LogP contribution is -2.38. The first-order chi connectivity index (χ1) is 14.0. The molecule has 0 saturated heterocycles. The van der Waals surface area contributed by atoms with Crippen LogP contribution < -0.4 is 14.8 Å². The molecule has 2 aromatic rings. The van der Waals surface area contributed by atoms with Gasteiger partial charge >= 0.3 is 0 Å². The van der Waals surface area contributed by atoms with Crippen LogP contribution in [-0.4, -0.2) is 43.0 Å². The summed E-state index contributed by atoms with van der Waals surface area (Å²) in [6.45, 7) is 2.16. The number of ether oxygens (including phenoxy) is 2. The number of aryl methyl sites for hydroxylation is 1. The second-order valence-corrected chi connectivity index (χ2v) is 7.45. The highest BCUT2D eigenvalue weighted by molar-refractivity contribution is 6.31. The van der Waals surface area contributed by atoms with Crippen LogP contribution >= 0.6 is 11.6 Å². The average Bonchev–Trinajstić information content (AvgIpc) is 3.54. The van der Waals surface area contributed by atoms with Crippen molar-refractivity contribution in [1.82, 2.24) is 4.90 Å². The first-order valence-corrected chi connectivity index (χ1v) is 9.97.